The highest BCUT2D eigenvalue weighted by atomic mass is 35.5. The van der Waals surface area contributed by atoms with E-state index in [1.165, 1.54) is 26.2 Å². The Bertz CT molecular complexity index is 448. The Morgan fingerprint density at radius 3 is 2.41 bits per heavy atom. The van der Waals surface area contributed by atoms with E-state index in [0.717, 1.165) is 0 Å². The van der Waals surface area contributed by atoms with Gasteiger partial charge in [-0.1, -0.05) is 0 Å². The van der Waals surface area contributed by atoms with Crippen molar-refractivity contribution >= 4 is 35.7 Å². The topological polar surface area (TPSA) is 102 Å². The van der Waals surface area contributed by atoms with Crippen molar-refractivity contribution in [3.05, 3.63) is 17.7 Å². The molecule has 0 spiro atoms. The van der Waals surface area contributed by atoms with Crippen LogP contribution in [0.4, 0.5) is 11.4 Å². The largest absolute Gasteiger partial charge is 0.496 e. The summed E-state index contributed by atoms with van der Waals surface area (Å²) < 4.78 is 4.90. The number of halogens is 1. The Labute approximate surface area is 104 Å². The summed E-state index contributed by atoms with van der Waals surface area (Å²) >= 11 is 0. The molecule has 0 aromatic heterocycles. The Hall–Kier alpha value is -1.95. The zero-order valence-electron chi connectivity index (χ0n) is 9.31. The van der Waals surface area contributed by atoms with Gasteiger partial charge in [0, 0.05) is 13.0 Å². The minimum absolute atomic E-state index is 0. The van der Waals surface area contributed by atoms with Crippen molar-refractivity contribution in [1.29, 1.82) is 0 Å². The summed E-state index contributed by atoms with van der Waals surface area (Å²) in [6.07, 6.45) is 0. The lowest BCUT2D eigenvalue weighted by molar-refractivity contribution is -0.114. The summed E-state index contributed by atoms with van der Waals surface area (Å²) in [5.74, 6) is -1.29. The number of amides is 1. The molecule has 0 aliphatic heterocycles. The van der Waals surface area contributed by atoms with Crippen LogP contribution >= 0.6 is 12.4 Å². The van der Waals surface area contributed by atoms with Crippen LogP contribution in [0.15, 0.2) is 12.1 Å². The molecular weight excluding hydrogens is 248 g/mol. The first-order chi connectivity index (χ1) is 7.45. The molecule has 6 nitrogen and oxygen atoms in total. The number of aromatic carboxylic acids is 1. The number of carboxylic acids is 1. The number of anilines is 2. The molecule has 7 heteroatoms. The van der Waals surface area contributed by atoms with Crippen molar-refractivity contribution in [3.63, 3.8) is 0 Å². The summed E-state index contributed by atoms with van der Waals surface area (Å²) in [6, 6.07) is 2.62. The van der Waals surface area contributed by atoms with Crippen molar-refractivity contribution in [2.75, 3.05) is 18.2 Å². The van der Waals surface area contributed by atoms with Gasteiger partial charge in [0.15, 0.2) is 0 Å². The molecular formula is C10H13ClN2O4. The van der Waals surface area contributed by atoms with Crippen LogP contribution < -0.4 is 15.8 Å². The molecule has 17 heavy (non-hydrogen) atoms. The first-order valence-electron chi connectivity index (χ1n) is 4.44. The number of ether oxygens (including phenoxy) is 1. The van der Waals surface area contributed by atoms with Gasteiger partial charge in [0.05, 0.1) is 18.5 Å². The van der Waals surface area contributed by atoms with Gasteiger partial charge in [0.25, 0.3) is 0 Å². The zero-order chi connectivity index (χ0) is 12.3. The summed E-state index contributed by atoms with van der Waals surface area (Å²) in [6.45, 7) is 1.33. The highest BCUT2D eigenvalue weighted by molar-refractivity contribution is 5.97. The molecule has 0 saturated carbocycles. The average molecular weight is 261 g/mol. The number of nitrogens with one attached hydrogen (secondary N) is 1. The maximum absolute atomic E-state index is 10.9. The maximum Gasteiger partial charge on any atom is 0.339 e. The summed E-state index contributed by atoms with van der Waals surface area (Å²) in [7, 11) is 1.34. The zero-order valence-corrected chi connectivity index (χ0v) is 10.1. The monoisotopic (exact) mass is 260 g/mol. The van der Waals surface area contributed by atoms with Crippen molar-refractivity contribution in [3.8, 4) is 5.75 Å². The van der Waals surface area contributed by atoms with Gasteiger partial charge >= 0.3 is 5.97 Å². The van der Waals surface area contributed by atoms with Gasteiger partial charge in [-0.15, -0.1) is 12.4 Å². The molecule has 0 bridgehead atoms. The van der Waals surface area contributed by atoms with Crippen LogP contribution in [0, 0.1) is 0 Å². The van der Waals surface area contributed by atoms with E-state index >= 15 is 0 Å². The van der Waals surface area contributed by atoms with Gasteiger partial charge < -0.3 is 20.9 Å². The predicted octanol–water partition coefficient (Wildman–Crippen LogP) is 1.36. The van der Waals surface area contributed by atoms with Gasteiger partial charge in [-0.05, 0) is 6.07 Å². The maximum atomic E-state index is 10.9. The third-order valence-electron chi connectivity index (χ3n) is 1.91. The number of benzene rings is 1. The van der Waals surface area contributed by atoms with Crippen LogP contribution in [0.3, 0.4) is 0 Å². The number of carbonyl (C=O) groups is 2. The lowest BCUT2D eigenvalue weighted by Crippen LogP contribution is -2.10. The molecule has 0 atom stereocenters. The molecule has 0 aliphatic carbocycles. The normalized spacial score (nSPS) is 9.06. The molecule has 4 N–H and O–H groups in total. The van der Waals surface area contributed by atoms with E-state index in [1.54, 1.807) is 0 Å². The van der Waals surface area contributed by atoms with Crippen LogP contribution in [0.25, 0.3) is 0 Å². The molecule has 1 amide bonds. The molecule has 0 radical (unpaired) electrons. The predicted molar refractivity (Wildman–Crippen MR) is 65.9 cm³/mol. The summed E-state index contributed by atoms with van der Waals surface area (Å²) in [5.41, 5.74) is 6.05. The second-order valence-corrected chi connectivity index (χ2v) is 3.13. The second kappa shape index (κ2) is 5.95. The van der Waals surface area contributed by atoms with Crippen LogP contribution in [0.5, 0.6) is 5.75 Å². The fraction of sp³-hybridized carbons (Fsp3) is 0.200. The van der Waals surface area contributed by atoms with Crippen molar-refractivity contribution in [1.82, 2.24) is 0 Å². The van der Waals surface area contributed by atoms with E-state index in [-0.39, 0.29) is 35.3 Å². The van der Waals surface area contributed by atoms with E-state index < -0.39 is 5.97 Å². The van der Waals surface area contributed by atoms with Crippen LogP contribution in [-0.4, -0.2) is 24.1 Å². The first kappa shape index (κ1) is 15.0. The van der Waals surface area contributed by atoms with Gasteiger partial charge in [-0.3, -0.25) is 4.79 Å². The highest BCUT2D eigenvalue weighted by Gasteiger charge is 2.14. The van der Waals surface area contributed by atoms with Gasteiger partial charge in [-0.2, -0.15) is 0 Å². The average Bonchev–Trinajstić information content (AvgIpc) is 2.19. The Kier molecular flexibility index (Phi) is 5.27. The van der Waals surface area contributed by atoms with E-state index in [4.69, 9.17) is 15.6 Å². The molecule has 1 aromatic carbocycles. The number of methoxy groups -OCH3 is 1. The number of rotatable bonds is 3. The molecule has 0 unspecified atom stereocenters. The minimum atomic E-state index is -1.14. The quantitative estimate of drug-likeness (QED) is 0.712. The third kappa shape index (κ3) is 3.53. The molecule has 0 aliphatic rings. The Morgan fingerprint density at radius 2 is 2.00 bits per heavy atom. The lowest BCUT2D eigenvalue weighted by atomic mass is 10.1. The second-order valence-electron chi connectivity index (χ2n) is 3.13. The molecule has 0 saturated heterocycles. The highest BCUT2D eigenvalue weighted by Crippen LogP contribution is 2.29. The molecule has 0 fully saturated rings. The Morgan fingerprint density at radius 1 is 1.41 bits per heavy atom. The molecule has 1 aromatic rings. The Balaban J connectivity index is 0.00000256. The molecule has 1 rings (SSSR count). The number of carbonyl (C=O) groups excluding carboxylic acids is 1. The molecule has 94 valence electrons. The van der Waals surface area contributed by atoms with Gasteiger partial charge in [-0.25, -0.2) is 4.79 Å². The van der Waals surface area contributed by atoms with Crippen LogP contribution in [-0.2, 0) is 4.79 Å². The number of hydrogen-bond acceptors (Lipinski definition) is 4. The summed E-state index contributed by atoms with van der Waals surface area (Å²) in [5, 5.41) is 11.3. The van der Waals surface area contributed by atoms with Crippen molar-refractivity contribution in [2.45, 2.75) is 6.92 Å². The van der Waals surface area contributed by atoms with Crippen molar-refractivity contribution in [2.24, 2.45) is 0 Å². The minimum Gasteiger partial charge on any atom is -0.496 e. The van der Waals surface area contributed by atoms with E-state index in [9.17, 15) is 9.59 Å². The SMILES string of the molecule is COc1cc(NC(C)=O)c(N)cc1C(=O)O.Cl. The van der Waals surface area contributed by atoms with E-state index in [2.05, 4.69) is 5.32 Å². The van der Waals surface area contributed by atoms with E-state index in [1.807, 2.05) is 0 Å². The number of hydrogen-bond donors (Lipinski definition) is 3. The van der Waals surface area contributed by atoms with Gasteiger partial charge in [0.2, 0.25) is 5.91 Å². The number of carboxylic acid groups (broad SMARTS) is 1. The summed E-state index contributed by atoms with van der Waals surface area (Å²) in [4.78, 5) is 21.7. The fourth-order valence-electron chi connectivity index (χ4n) is 1.23. The standard InChI is InChI=1S/C10H12N2O4.ClH/c1-5(13)12-8-4-9(16-2)6(10(14)15)3-7(8)11;/h3-4H,11H2,1-2H3,(H,12,13)(H,14,15);1H. The third-order valence-corrected chi connectivity index (χ3v) is 1.91. The lowest BCUT2D eigenvalue weighted by Gasteiger charge is -2.11. The van der Waals surface area contributed by atoms with Crippen molar-refractivity contribution < 1.29 is 19.4 Å². The van der Waals surface area contributed by atoms with E-state index in [0.29, 0.717) is 5.69 Å². The number of nitrogens with two attached hydrogens (primary N) is 1. The smallest absolute Gasteiger partial charge is 0.339 e. The van der Waals surface area contributed by atoms with Crippen LogP contribution in [0.2, 0.25) is 0 Å². The van der Waals surface area contributed by atoms with Crippen LogP contribution in [0.1, 0.15) is 17.3 Å². The number of nitrogen functional groups attached to an aromatic ring is 1. The molecule has 0 heterocycles. The van der Waals surface area contributed by atoms with Gasteiger partial charge in [0.1, 0.15) is 11.3 Å². The first-order valence-corrected chi connectivity index (χ1v) is 4.44. The fourth-order valence-corrected chi connectivity index (χ4v) is 1.23.